The number of nitrogens with zero attached hydrogens (tertiary/aromatic N) is 3. The Morgan fingerprint density at radius 3 is 2.69 bits per heavy atom. The molecule has 0 aliphatic carbocycles. The van der Waals surface area contributed by atoms with Crippen molar-refractivity contribution < 1.29 is 9.90 Å². The van der Waals surface area contributed by atoms with Crippen LogP contribution in [0.1, 0.15) is 24.4 Å². The lowest BCUT2D eigenvalue weighted by atomic mass is 10.1. The van der Waals surface area contributed by atoms with Gasteiger partial charge in [-0.3, -0.25) is 9.36 Å². The first-order chi connectivity index (χ1) is 12.5. The van der Waals surface area contributed by atoms with Crippen LogP contribution in [0.2, 0.25) is 0 Å². The van der Waals surface area contributed by atoms with E-state index in [1.165, 1.54) is 11.8 Å². The van der Waals surface area contributed by atoms with Gasteiger partial charge in [0, 0.05) is 11.4 Å². The van der Waals surface area contributed by atoms with Crippen LogP contribution in [0.3, 0.4) is 0 Å². The number of nitrogens with one attached hydrogen (secondary N) is 1. The maximum Gasteiger partial charge on any atom is 0.234 e. The lowest BCUT2D eigenvalue weighted by Crippen LogP contribution is -2.14. The molecule has 1 aromatic heterocycles. The zero-order valence-electron chi connectivity index (χ0n) is 14.6. The van der Waals surface area contributed by atoms with Crippen molar-refractivity contribution >= 4 is 23.4 Å². The minimum atomic E-state index is -0.575. The summed E-state index contributed by atoms with van der Waals surface area (Å²) in [7, 11) is 0. The number of thioether (sulfide) groups is 1. The SMILES string of the molecule is Cc1nnc(SCC(=O)Nc2cccc([C@H](C)O)c2)n1-c1ccccc1. The minimum absolute atomic E-state index is 0.141. The molecule has 2 aromatic carbocycles. The fourth-order valence-corrected chi connectivity index (χ4v) is 3.31. The Kier molecular flexibility index (Phi) is 5.70. The van der Waals surface area contributed by atoms with E-state index in [-0.39, 0.29) is 11.7 Å². The third-order valence-electron chi connectivity index (χ3n) is 3.79. The number of aliphatic hydroxyl groups excluding tert-OH is 1. The fourth-order valence-electron chi connectivity index (χ4n) is 2.51. The average molecular weight is 368 g/mol. The molecule has 2 N–H and O–H groups in total. The van der Waals surface area contributed by atoms with Crippen molar-refractivity contribution in [3.63, 3.8) is 0 Å². The van der Waals surface area contributed by atoms with Gasteiger partial charge in [-0.05, 0) is 43.7 Å². The first-order valence-electron chi connectivity index (χ1n) is 8.22. The predicted octanol–water partition coefficient (Wildman–Crippen LogP) is 3.36. The molecular formula is C19H20N4O2S. The molecule has 0 fully saturated rings. The van der Waals surface area contributed by atoms with Gasteiger partial charge in [-0.2, -0.15) is 0 Å². The molecule has 1 heterocycles. The number of hydrogen-bond donors (Lipinski definition) is 2. The van der Waals surface area contributed by atoms with E-state index in [9.17, 15) is 9.90 Å². The summed E-state index contributed by atoms with van der Waals surface area (Å²) in [6, 6.07) is 17.0. The lowest BCUT2D eigenvalue weighted by Gasteiger charge is -2.10. The van der Waals surface area contributed by atoms with Crippen LogP contribution in [0.4, 0.5) is 5.69 Å². The molecule has 0 saturated heterocycles. The van der Waals surface area contributed by atoms with E-state index in [4.69, 9.17) is 0 Å². The van der Waals surface area contributed by atoms with Gasteiger partial charge in [0.15, 0.2) is 5.16 Å². The molecule has 1 amide bonds. The van der Waals surface area contributed by atoms with Crippen LogP contribution >= 0.6 is 11.8 Å². The maximum atomic E-state index is 12.3. The van der Waals surface area contributed by atoms with E-state index >= 15 is 0 Å². The Hall–Kier alpha value is -2.64. The molecule has 0 aliphatic heterocycles. The van der Waals surface area contributed by atoms with Crippen LogP contribution in [-0.2, 0) is 4.79 Å². The van der Waals surface area contributed by atoms with Gasteiger partial charge in [-0.25, -0.2) is 0 Å². The standard InChI is InChI=1S/C19H20N4O2S/c1-13(24)15-7-6-8-16(11-15)20-18(25)12-26-19-22-21-14(2)23(19)17-9-4-3-5-10-17/h3-11,13,24H,12H2,1-2H3,(H,20,25)/t13-/m0/s1. The highest BCUT2D eigenvalue weighted by molar-refractivity contribution is 7.99. The van der Waals surface area contributed by atoms with E-state index < -0.39 is 6.10 Å². The summed E-state index contributed by atoms with van der Waals surface area (Å²) in [6.07, 6.45) is -0.575. The number of anilines is 1. The number of hydrogen-bond acceptors (Lipinski definition) is 5. The second kappa shape index (κ2) is 8.16. The Morgan fingerprint density at radius 1 is 1.19 bits per heavy atom. The van der Waals surface area contributed by atoms with Gasteiger partial charge in [0.2, 0.25) is 5.91 Å². The zero-order valence-corrected chi connectivity index (χ0v) is 15.4. The molecular weight excluding hydrogens is 348 g/mol. The molecule has 0 spiro atoms. The third-order valence-corrected chi connectivity index (χ3v) is 4.72. The monoisotopic (exact) mass is 368 g/mol. The lowest BCUT2D eigenvalue weighted by molar-refractivity contribution is -0.113. The molecule has 0 radical (unpaired) electrons. The Morgan fingerprint density at radius 2 is 1.96 bits per heavy atom. The van der Waals surface area contributed by atoms with Crippen LogP contribution in [0.15, 0.2) is 59.8 Å². The number of aryl methyl sites for hydroxylation is 1. The number of para-hydroxylation sites is 1. The molecule has 7 heteroatoms. The number of aromatic nitrogens is 3. The van der Waals surface area contributed by atoms with Crippen LogP contribution in [0.5, 0.6) is 0 Å². The van der Waals surface area contributed by atoms with Crippen molar-refractivity contribution in [2.24, 2.45) is 0 Å². The fraction of sp³-hybridized carbons (Fsp3) is 0.211. The van der Waals surface area contributed by atoms with Crippen LogP contribution in [0.25, 0.3) is 5.69 Å². The molecule has 0 aliphatic rings. The summed E-state index contributed by atoms with van der Waals surface area (Å²) in [5.41, 5.74) is 2.38. The van der Waals surface area contributed by atoms with Crippen LogP contribution < -0.4 is 5.32 Å². The van der Waals surface area contributed by atoms with Crippen molar-refractivity contribution in [3.8, 4) is 5.69 Å². The van der Waals surface area contributed by atoms with Gasteiger partial charge < -0.3 is 10.4 Å². The van der Waals surface area contributed by atoms with Crippen LogP contribution in [0, 0.1) is 6.92 Å². The number of carbonyl (C=O) groups is 1. The van der Waals surface area contributed by atoms with E-state index in [1.54, 1.807) is 25.1 Å². The van der Waals surface area contributed by atoms with E-state index in [0.29, 0.717) is 10.8 Å². The summed E-state index contributed by atoms with van der Waals surface area (Å²) < 4.78 is 1.92. The molecule has 0 unspecified atom stereocenters. The topological polar surface area (TPSA) is 80.0 Å². The highest BCUT2D eigenvalue weighted by Gasteiger charge is 2.13. The molecule has 0 bridgehead atoms. The highest BCUT2D eigenvalue weighted by Crippen LogP contribution is 2.22. The van der Waals surface area contributed by atoms with Crippen molar-refractivity contribution in [3.05, 3.63) is 66.0 Å². The first kappa shape index (κ1) is 18.2. The molecule has 0 saturated carbocycles. The van der Waals surface area contributed by atoms with Gasteiger partial charge in [0.25, 0.3) is 0 Å². The quantitative estimate of drug-likeness (QED) is 0.652. The van der Waals surface area contributed by atoms with Gasteiger partial charge in [0.1, 0.15) is 5.82 Å². The zero-order chi connectivity index (χ0) is 18.5. The largest absolute Gasteiger partial charge is 0.389 e. The van der Waals surface area contributed by atoms with E-state index in [1.807, 2.05) is 47.9 Å². The van der Waals surface area contributed by atoms with Gasteiger partial charge in [-0.15, -0.1) is 10.2 Å². The molecule has 26 heavy (non-hydrogen) atoms. The summed E-state index contributed by atoms with van der Waals surface area (Å²) in [5, 5.41) is 21.4. The summed E-state index contributed by atoms with van der Waals surface area (Å²) in [4.78, 5) is 12.3. The number of benzene rings is 2. The Balaban J connectivity index is 1.67. The molecule has 3 rings (SSSR count). The smallest absolute Gasteiger partial charge is 0.234 e. The number of carbonyl (C=O) groups excluding carboxylic acids is 1. The second-order valence-corrected chi connectivity index (χ2v) is 6.78. The summed E-state index contributed by atoms with van der Waals surface area (Å²) in [6.45, 7) is 3.57. The van der Waals surface area contributed by atoms with Gasteiger partial charge in [0.05, 0.1) is 11.9 Å². The van der Waals surface area contributed by atoms with Crippen molar-refractivity contribution in [1.29, 1.82) is 0 Å². The third kappa shape index (κ3) is 4.30. The van der Waals surface area contributed by atoms with Crippen molar-refractivity contribution in [2.45, 2.75) is 25.1 Å². The first-order valence-corrected chi connectivity index (χ1v) is 9.21. The van der Waals surface area contributed by atoms with Crippen molar-refractivity contribution in [2.75, 3.05) is 11.1 Å². The van der Waals surface area contributed by atoms with E-state index in [2.05, 4.69) is 15.5 Å². The molecule has 6 nitrogen and oxygen atoms in total. The Labute approximate surface area is 156 Å². The van der Waals surface area contributed by atoms with E-state index in [0.717, 1.165) is 17.1 Å². The van der Waals surface area contributed by atoms with Crippen molar-refractivity contribution in [1.82, 2.24) is 14.8 Å². The van der Waals surface area contributed by atoms with Gasteiger partial charge >= 0.3 is 0 Å². The second-order valence-electron chi connectivity index (χ2n) is 5.84. The maximum absolute atomic E-state index is 12.3. The Bertz CT molecular complexity index is 894. The molecule has 134 valence electrons. The van der Waals surface area contributed by atoms with Gasteiger partial charge in [-0.1, -0.05) is 42.1 Å². The molecule has 3 aromatic rings. The van der Waals surface area contributed by atoms with Crippen LogP contribution in [-0.4, -0.2) is 31.5 Å². The summed E-state index contributed by atoms with van der Waals surface area (Å²) in [5.74, 6) is 0.839. The average Bonchev–Trinajstić information content (AvgIpc) is 3.01. The predicted molar refractivity (Wildman–Crippen MR) is 103 cm³/mol. The minimum Gasteiger partial charge on any atom is -0.389 e. The normalized spacial score (nSPS) is 12.0. The molecule has 1 atom stereocenters. The number of aliphatic hydroxyl groups is 1. The highest BCUT2D eigenvalue weighted by atomic mass is 32.2. The number of amides is 1. The number of rotatable bonds is 6. The summed E-state index contributed by atoms with van der Waals surface area (Å²) >= 11 is 1.33.